The molecule has 1 aromatic heterocycles. The van der Waals surface area contributed by atoms with Gasteiger partial charge in [0, 0.05) is 11.1 Å². The summed E-state index contributed by atoms with van der Waals surface area (Å²) in [5.41, 5.74) is 7.91. The molecular formula is C21H13F3N2O2. The molecule has 4 nitrogen and oxygen atoms in total. The molecule has 1 heterocycles. The number of carbonyl (C=O) groups excluding carboxylic acids is 1. The molecule has 1 amide bonds. The monoisotopic (exact) mass is 382 g/mol. The quantitative estimate of drug-likeness (QED) is 0.524. The molecule has 140 valence electrons. The van der Waals surface area contributed by atoms with Crippen molar-refractivity contribution in [2.75, 3.05) is 0 Å². The van der Waals surface area contributed by atoms with Crippen molar-refractivity contribution in [3.05, 3.63) is 77.9 Å². The number of rotatable bonds is 3. The normalized spacial score (nSPS) is 11.7. The Balaban J connectivity index is 1.74. The molecule has 0 radical (unpaired) electrons. The van der Waals surface area contributed by atoms with Crippen LogP contribution >= 0.6 is 0 Å². The Morgan fingerprint density at radius 3 is 2.29 bits per heavy atom. The van der Waals surface area contributed by atoms with Gasteiger partial charge >= 0.3 is 6.18 Å². The Labute approximate surface area is 157 Å². The van der Waals surface area contributed by atoms with Crippen molar-refractivity contribution in [3.8, 4) is 22.6 Å². The SMILES string of the molecule is NC(=O)c1ccccc1-c1ccc2oc(-c3ccc(C(F)(F)F)cc3)nc2c1. The van der Waals surface area contributed by atoms with Crippen LogP contribution < -0.4 is 5.73 Å². The molecule has 0 saturated heterocycles. The van der Waals surface area contributed by atoms with Crippen molar-refractivity contribution in [3.63, 3.8) is 0 Å². The van der Waals surface area contributed by atoms with Crippen LogP contribution in [-0.2, 0) is 6.18 Å². The third-order valence-electron chi connectivity index (χ3n) is 4.35. The molecule has 0 aliphatic carbocycles. The van der Waals surface area contributed by atoms with Crippen LogP contribution in [0.2, 0.25) is 0 Å². The molecule has 4 aromatic rings. The molecule has 28 heavy (non-hydrogen) atoms. The van der Waals surface area contributed by atoms with E-state index in [0.29, 0.717) is 27.8 Å². The zero-order chi connectivity index (χ0) is 19.9. The lowest BCUT2D eigenvalue weighted by Crippen LogP contribution is -2.12. The van der Waals surface area contributed by atoms with Gasteiger partial charge in [0.1, 0.15) is 5.52 Å². The summed E-state index contributed by atoms with van der Waals surface area (Å²) in [5, 5.41) is 0. The third-order valence-corrected chi connectivity index (χ3v) is 4.35. The van der Waals surface area contributed by atoms with Gasteiger partial charge in [-0.15, -0.1) is 0 Å². The van der Waals surface area contributed by atoms with E-state index < -0.39 is 17.6 Å². The van der Waals surface area contributed by atoms with Crippen LogP contribution in [0.1, 0.15) is 15.9 Å². The summed E-state index contributed by atoms with van der Waals surface area (Å²) in [6.07, 6.45) is -4.40. The minimum atomic E-state index is -4.40. The highest BCUT2D eigenvalue weighted by Crippen LogP contribution is 2.33. The van der Waals surface area contributed by atoms with E-state index in [0.717, 1.165) is 17.7 Å². The summed E-state index contributed by atoms with van der Waals surface area (Å²) >= 11 is 0. The number of halogens is 3. The fourth-order valence-electron chi connectivity index (χ4n) is 2.97. The van der Waals surface area contributed by atoms with Crippen molar-refractivity contribution in [1.29, 1.82) is 0 Å². The number of oxazole rings is 1. The molecule has 0 saturated carbocycles. The largest absolute Gasteiger partial charge is 0.436 e. The summed E-state index contributed by atoms with van der Waals surface area (Å²) in [4.78, 5) is 16.0. The smallest absolute Gasteiger partial charge is 0.416 e. The summed E-state index contributed by atoms with van der Waals surface area (Å²) < 4.78 is 43.8. The topological polar surface area (TPSA) is 69.1 Å². The molecule has 0 atom stereocenters. The van der Waals surface area contributed by atoms with Gasteiger partial charge in [-0.2, -0.15) is 13.2 Å². The maximum Gasteiger partial charge on any atom is 0.416 e. The average Bonchev–Trinajstić information content (AvgIpc) is 3.10. The van der Waals surface area contributed by atoms with Gasteiger partial charge in [0.05, 0.1) is 5.56 Å². The second-order valence-corrected chi connectivity index (χ2v) is 6.19. The highest BCUT2D eigenvalue weighted by molar-refractivity contribution is 6.00. The number of fused-ring (bicyclic) bond motifs is 1. The number of hydrogen-bond acceptors (Lipinski definition) is 3. The van der Waals surface area contributed by atoms with Crippen molar-refractivity contribution in [2.45, 2.75) is 6.18 Å². The molecule has 2 N–H and O–H groups in total. The molecule has 0 unspecified atom stereocenters. The second kappa shape index (κ2) is 6.53. The average molecular weight is 382 g/mol. The summed E-state index contributed by atoms with van der Waals surface area (Å²) in [6.45, 7) is 0. The van der Waals surface area contributed by atoms with E-state index in [4.69, 9.17) is 10.2 Å². The molecule has 4 rings (SSSR count). The predicted octanol–water partition coefficient (Wildman–Crippen LogP) is 5.28. The molecule has 0 spiro atoms. The summed E-state index contributed by atoms with van der Waals surface area (Å²) in [5.74, 6) is -0.328. The van der Waals surface area contributed by atoms with E-state index in [1.54, 1.807) is 42.5 Å². The predicted molar refractivity (Wildman–Crippen MR) is 98.4 cm³/mol. The number of benzene rings is 3. The van der Waals surface area contributed by atoms with Gasteiger partial charge < -0.3 is 10.2 Å². The van der Waals surface area contributed by atoms with Gasteiger partial charge in [0.25, 0.3) is 0 Å². The maximum atomic E-state index is 12.7. The molecular weight excluding hydrogens is 369 g/mol. The Morgan fingerprint density at radius 2 is 1.61 bits per heavy atom. The number of amides is 1. The van der Waals surface area contributed by atoms with Crippen LogP contribution in [0.4, 0.5) is 13.2 Å². The lowest BCUT2D eigenvalue weighted by molar-refractivity contribution is -0.137. The number of aromatic nitrogens is 1. The van der Waals surface area contributed by atoms with E-state index in [1.807, 2.05) is 0 Å². The number of carbonyl (C=O) groups is 1. The van der Waals surface area contributed by atoms with Crippen LogP contribution in [0.15, 0.2) is 71.1 Å². The Bertz CT molecular complexity index is 1180. The zero-order valence-electron chi connectivity index (χ0n) is 14.3. The number of alkyl halides is 3. The lowest BCUT2D eigenvalue weighted by atomic mass is 9.99. The van der Waals surface area contributed by atoms with Crippen LogP contribution in [0.25, 0.3) is 33.7 Å². The van der Waals surface area contributed by atoms with Gasteiger partial charge in [-0.1, -0.05) is 24.3 Å². The third kappa shape index (κ3) is 3.22. The maximum absolute atomic E-state index is 12.7. The van der Waals surface area contributed by atoms with Crippen molar-refractivity contribution >= 4 is 17.0 Å². The van der Waals surface area contributed by atoms with E-state index in [-0.39, 0.29) is 5.89 Å². The minimum absolute atomic E-state index is 0.212. The summed E-state index contributed by atoms with van der Waals surface area (Å²) in [6, 6.07) is 16.7. The Kier molecular flexibility index (Phi) is 4.15. The molecule has 7 heteroatoms. The lowest BCUT2D eigenvalue weighted by Gasteiger charge is -2.06. The number of hydrogen-bond donors (Lipinski definition) is 1. The zero-order valence-corrected chi connectivity index (χ0v) is 14.3. The van der Waals surface area contributed by atoms with Gasteiger partial charge in [0.2, 0.25) is 11.8 Å². The highest BCUT2D eigenvalue weighted by Gasteiger charge is 2.30. The van der Waals surface area contributed by atoms with Gasteiger partial charge in [-0.25, -0.2) is 4.98 Å². The fraction of sp³-hybridized carbons (Fsp3) is 0.0476. The van der Waals surface area contributed by atoms with E-state index in [1.165, 1.54) is 12.1 Å². The number of nitrogens with two attached hydrogens (primary N) is 1. The van der Waals surface area contributed by atoms with Crippen LogP contribution in [0, 0.1) is 0 Å². The second-order valence-electron chi connectivity index (χ2n) is 6.19. The first-order valence-electron chi connectivity index (χ1n) is 8.30. The fourth-order valence-corrected chi connectivity index (χ4v) is 2.97. The van der Waals surface area contributed by atoms with Gasteiger partial charge in [0.15, 0.2) is 5.58 Å². The standard InChI is InChI=1S/C21H13F3N2O2/c22-21(23,24)14-8-5-12(6-9-14)20-26-17-11-13(7-10-18(17)28-20)15-3-1-2-4-16(15)19(25)27/h1-11H,(H2,25,27). The van der Waals surface area contributed by atoms with Crippen LogP contribution in [0.5, 0.6) is 0 Å². The number of nitrogens with zero attached hydrogens (tertiary/aromatic N) is 1. The van der Waals surface area contributed by atoms with Crippen molar-refractivity contribution in [2.24, 2.45) is 5.73 Å². The van der Waals surface area contributed by atoms with E-state index >= 15 is 0 Å². The van der Waals surface area contributed by atoms with Gasteiger partial charge in [-0.05, 0) is 53.6 Å². The molecule has 0 fully saturated rings. The highest BCUT2D eigenvalue weighted by atomic mass is 19.4. The number of primary amides is 1. The molecule has 3 aromatic carbocycles. The first kappa shape index (κ1) is 17.8. The first-order valence-corrected chi connectivity index (χ1v) is 8.30. The van der Waals surface area contributed by atoms with Crippen LogP contribution in [0.3, 0.4) is 0 Å². The Morgan fingerprint density at radius 1 is 0.929 bits per heavy atom. The van der Waals surface area contributed by atoms with E-state index in [9.17, 15) is 18.0 Å². The molecule has 0 bridgehead atoms. The summed E-state index contributed by atoms with van der Waals surface area (Å²) in [7, 11) is 0. The van der Waals surface area contributed by atoms with Gasteiger partial charge in [-0.3, -0.25) is 4.79 Å². The van der Waals surface area contributed by atoms with E-state index in [2.05, 4.69) is 4.98 Å². The van der Waals surface area contributed by atoms with Crippen molar-refractivity contribution < 1.29 is 22.4 Å². The minimum Gasteiger partial charge on any atom is -0.436 e. The van der Waals surface area contributed by atoms with Crippen LogP contribution in [-0.4, -0.2) is 10.9 Å². The van der Waals surface area contributed by atoms with Crippen molar-refractivity contribution in [1.82, 2.24) is 4.98 Å². The molecule has 0 aliphatic rings. The first-order chi connectivity index (χ1) is 13.3. The Hall–Kier alpha value is -3.61. The molecule has 0 aliphatic heterocycles.